The van der Waals surface area contributed by atoms with E-state index in [4.69, 9.17) is 0 Å². The zero-order chi connectivity index (χ0) is 12.3. The molecule has 6 heteroatoms. The average Bonchev–Trinajstić information content (AvgIpc) is 2.28. The molecule has 0 aliphatic heterocycles. The van der Waals surface area contributed by atoms with Crippen molar-refractivity contribution in [3.63, 3.8) is 0 Å². The summed E-state index contributed by atoms with van der Waals surface area (Å²) < 4.78 is 0. The molecule has 5 nitrogen and oxygen atoms in total. The molecule has 1 aromatic heterocycles. The topological polar surface area (TPSA) is 78.0 Å². The van der Waals surface area contributed by atoms with Crippen LogP contribution in [0, 0.1) is 0 Å². The first-order chi connectivity index (χ1) is 8.17. The van der Waals surface area contributed by atoms with E-state index in [2.05, 4.69) is 15.3 Å². The van der Waals surface area contributed by atoms with Gasteiger partial charge < -0.3 is 10.4 Å². The molecule has 0 saturated carbocycles. The standard InChI is InChI=1S/C11H11N3O2S/c1-17-8-4-2-3-7(5-8)12-11-13-9(15)6-10(16)14-11/h2-6H,1H3,(H3,12,13,14,15,16). The second-order valence-electron chi connectivity index (χ2n) is 3.31. The molecule has 17 heavy (non-hydrogen) atoms. The first-order valence-electron chi connectivity index (χ1n) is 4.89. The number of aromatic amines is 1. The lowest BCUT2D eigenvalue weighted by molar-refractivity contribution is 0.452. The van der Waals surface area contributed by atoms with Gasteiger partial charge in [0.2, 0.25) is 11.8 Å². The van der Waals surface area contributed by atoms with Crippen LogP contribution in [-0.2, 0) is 0 Å². The maximum absolute atomic E-state index is 11.1. The van der Waals surface area contributed by atoms with E-state index in [0.717, 1.165) is 16.6 Å². The Kier molecular flexibility index (Phi) is 3.34. The molecule has 0 spiro atoms. The van der Waals surface area contributed by atoms with Gasteiger partial charge in [-0.15, -0.1) is 11.8 Å². The number of benzene rings is 1. The zero-order valence-corrected chi connectivity index (χ0v) is 9.91. The van der Waals surface area contributed by atoms with Crippen molar-refractivity contribution in [3.8, 4) is 5.88 Å². The second-order valence-corrected chi connectivity index (χ2v) is 4.19. The fraction of sp³-hybridized carbons (Fsp3) is 0.0909. The van der Waals surface area contributed by atoms with E-state index in [1.807, 2.05) is 30.5 Å². The zero-order valence-electron chi connectivity index (χ0n) is 9.10. The second kappa shape index (κ2) is 4.92. The summed E-state index contributed by atoms with van der Waals surface area (Å²) >= 11 is 1.62. The molecule has 0 radical (unpaired) electrons. The van der Waals surface area contributed by atoms with Crippen LogP contribution in [0.4, 0.5) is 11.6 Å². The van der Waals surface area contributed by atoms with Gasteiger partial charge in [0.1, 0.15) is 0 Å². The van der Waals surface area contributed by atoms with Gasteiger partial charge in [0.25, 0.3) is 5.56 Å². The van der Waals surface area contributed by atoms with Crippen molar-refractivity contribution >= 4 is 23.4 Å². The van der Waals surface area contributed by atoms with E-state index < -0.39 is 5.56 Å². The highest BCUT2D eigenvalue weighted by atomic mass is 32.2. The Labute approximate surface area is 102 Å². The predicted octanol–water partition coefficient (Wildman–Crippen LogP) is 1.94. The van der Waals surface area contributed by atoms with Gasteiger partial charge in [-0.1, -0.05) is 6.07 Å². The van der Waals surface area contributed by atoms with Gasteiger partial charge in [-0.05, 0) is 24.5 Å². The molecule has 0 amide bonds. The number of rotatable bonds is 3. The van der Waals surface area contributed by atoms with E-state index in [9.17, 15) is 9.90 Å². The Morgan fingerprint density at radius 3 is 2.94 bits per heavy atom. The molecule has 2 aromatic rings. The lowest BCUT2D eigenvalue weighted by Crippen LogP contribution is -2.08. The SMILES string of the molecule is CSc1cccc(Nc2nc(O)cc(=O)[nH]2)c1. The largest absolute Gasteiger partial charge is 0.493 e. The summed E-state index contributed by atoms with van der Waals surface area (Å²) in [4.78, 5) is 18.5. The lowest BCUT2D eigenvalue weighted by Gasteiger charge is -2.06. The highest BCUT2D eigenvalue weighted by Crippen LogP contribution is 2.20. The van der Waals surface area contributed by atoms with E-state index in [-0.39, 0.29) is 11.8 Å². The third-order valence-corrected chi connectivity index (χ3v) is 2.79. The number of hydrogen-bond donors (Lipinski definition) is 3. The number of nitrogens with zero attached hydrogens (tertiary/aromatic N) is 1. The molecule has 88 valence electrons. The molecular formula is C11H11N3O2S. The lowest BCUT2D eigenvalue weighted by atomic mass is 10.3. The van der Waals surface area contributed by atoms with Crippen molar-refractivity contribution in [3.05, 3.63) is 40.7 Å². The number of H-pyrrole nitrogens is 1. The molecule has 0 atom stereocenters. The summed E-state index contributed by atoms with van der Waals surface area (Å²) in [7, 11) is 0. The summed E-state index contributed by atoms with van der Waals surface area (Å²) in [5, 5.41) is 12.1. The minimum absolute atomic E-state index is 0.216. The highest BCUT2D eigenvalue weighted by Gasteiger charge is 2.00. The van der Waals surface area contributed by atoms with Gasteiger partial charge in [-0.3, -0.25) is 9.78 Å². The summed E-state index contributed by atoms with van der Waals surface area (Å²) in [6, 6.07) is 8.67. The third-order valence-electron chi connectivity index (χ3n) is 2.06. The number of anilines is 2. The van der Waals surface area contributed by atoms with Crippen LogP contribution in [0.2, 0.25) is 0 Å². The summed E-state index contributed by atoms with van der Waals surface area (Å²) in [5.41, 5.74) is 0.395. The van der Waals surface area contributed by atoms with Crippen LogP contribution in [0.1, 0.15) is 0 Å². The predicted molar refractivity (Wildman–Crippen MR) is 68.0 cm³/mol. The minimum Gasteiger partial charge on any atom is -0.493 e. The molecule has 1 heterocycles. The Hall–Kier alpha value is -1.95. The Bertz CT molecular complexity index is 583. The quantitative estimate of drug-likeness (QED) is 0.725. The van der Waals surface area contributed by atoms with E-state index in [1.54, 1.807) is 11.8 Å². The van der Waals surface area contributed by atoms with Crippen LogP contribution in [0.15, 0.2) is 40.0 Å². The number of aromatic hydroxyl groups is 1. The van der Waals surface area contributed by atoms with Crippen molar-refractivity contribution in [2.45, 2.75) is 4.90 Å². The van der Waals surface area contributed by atoms with Crippen LogP contribution in [0.25, 0.3) is 0 Å². The fourth-order valence-corrected chi connectivity index (χ4v) is 1.80. The summed E-state index contributed by atoms with van der Waals surface area (Å²) in [6.07, 6.45) is 1.98. The fourth-order valence-electron chi connectivity index (χ4n) is 1.34. The van der Waals surface area contributed by atoms with Gasteiger partial charge in [0.15, 0.2) is 0 Å². The summed E-state index contributed by atoms with van der Waals surface area (Å²) in [6.45, 7) is 0. The summed E-state index contributed by atoms with van der Waals surface area (Å²) in [5.74, 6) is -0.0921. The Balaban J connectivity index is 2.27. The molecule has 0 aliphatic rings. The molecule has 2 rings (SSSR count). The van der Waals surface area contributed by atoms with Crippen LogP contribution >= 0.6 is 11.8 Å². The van der Waals surface area contributed by atoms with Crippen LogP contribution < -0.4 is 10.9 Å². The first-order valence-corrected chi connectivity index (χ1v) is 6.11. The maximum atomic E-state index is 11.1. The molecule has 0 bridgehead atoms. The van der Waals surface area contributed by atoms with Crippen molar-refractivity contribution in [2.24, 2.45) is 0 Å². The van der Waals surface area contributed by atoms with Crippen LogP contribution in [0.5, 0.6) is 5.88 Å². The molecule has 0 aliphatic carbocycles. The average molecular weight is 249 g/mol. The van der Waals surface area contributed by atoms with Gasteiger partial charge in [-0.2, -0.15) is 4.98 Å². The molecule has 0 fully saturated rings. The Morgan fingerprint density at radius 2 is 2.24 bits per heavy atom. The monoisotopic (exact) mass is 249 g/mol. The number of nitrogens with one attached hydrogen (secondary N) is 2. The highest BCUT2D eigenvalue weighted by molar-refractivity contribution is 7.98. The maximum Gasteiger partial charge on any atom is 0.256 e. The van der Waals surface area contributed by atoms with Crippen molar-refractivity contribution in [1.29, 1.82) is 0 Å². The molecular weight excluding hydrogens is 238 g/mol. The van der Waals surface area contributed by atoms with E-state index in [0.29, 0.717) is 0 Å². The van der Waals surface area contributed by atoms with Gasteiger partial charge in [0.05, 0.1) is 6.07 Å². The molecule has 3 N–H and O–H groups in total. The van der Waals surface area contributed by atoms with Crippen molar-refractivity contribution in [2.75, 3.05) is 11.6 Å². The molecule has 0 unspecified atom stereocenters. The Morgan fingerprint density at radius 1 is 1.41 bits per heavy atom. The van der Waals surface area contributed by atoms with Crippen LogP contribution in [-0.4, -0.2) is 21.3 Å². The smallest absolute Gasteiger partial charge is 0.256 e. The van der Waals surface area contributed by atoms with E-state index in [1.165, 1.54) is 0 Å². The third kappa shape index (κ3) is 3.01. The first kappa shape index (κ1) is 11.5. The van der Waals surface area contributed by atoms with Gasteiger partial charge >= 0.3 is 0 Å². The van der Waals surface area contributed by atoms with Crippen molar-refractivity contribution < 1.29 is 5.11 Å². The molecule has 0 saturated heterocycles. The van der Waals surface area contributed by atoms with Crippen molar-refractivity contribution in [1.82, 2.24) is 9.97 Å². The van der Waals surface area contributed by atoms with E-state index >= 15 is 0 Å². The molecule has 1 aromatic carbocycles. The normalized spacial score (nSPS) is 10.2. The van der Waals surface area contributed by atoms with Gasteiger partial charge in [0, 0.05) is 10.6 Å². The number of hydrogen-bond acceptors (Lipinski definition) is 5. The minimum atomic E-state index is -0.402. The number of thioether (sulfide) groups is 1. The van der Waals surface area contributed by atoms with Crippen LogP contribution in [0.3, 0.4) is 0 Å². The van der Waals surface area contributed by atoms with Gasteiger partial charge in [-0.25, -0.2) is 0 Å². The number of aromatic nitrogens is 2.